The van der Waals surface area contributed by atoms with Crippen LogP contribution in [-0.4, -0.2) is 32.2 Å². The van der Waals surface area contributed by atoms with Gasteiger partial charge < -0.3 is 14.6 Å². The zero-order valence-electron chi connectivity index (χ0n) is 20.6. The van der Waals surface area contributed by atoms with Gasteiger partial charge in [0.1, 0.15) is 5.75 Å². The average molecular weight is 481 g/mol. The fourth-order valence-corrected chi connectivity index (χ4v) is 4.22. The van der Waals surface area contributed by atoms with E-state index in [1.807, 2.05) is 30.5 Å². The monoisotopic (exact) mass is 480 g/mol. The molecule has 7 nitrogen and oxygen atoms in total. The average Bonchev–Trinajstić information content (AvgIpc) is 3.21. The van der Waals surface area contributed by atoms with Gasteiger partial charge in [0.25, 0.3) is 0 Å². The molecule has 0 bridgehead atoms. The normalized spacial score (nSPS) is 12.3. The highest BCUT2D eigenvalue weighted by Crippen LogP contribution is 2.28. The van der Waals surface area contributed by atoms with Gasteiger partial charge in [-0.3, -0.25) is 9.59 Å². The van der Waals surface area contributed by atoms with Crippen molar-refractivity contribution in [2.75, 3.05) is 11.1 Å². The third-order valence-electron chi connectivity index (χ3n) is 5.37. The van der Waals surface area contributed by atoms with E-state index >= 15 is 0 Å². The Labute approximate surface area is 205 Å². The van der Waals surface area contributed by atoms with E-state index in [0.717, 1.165) is 5.75 Å². The summed E-state index contributed by atoms with van der Waals surface area (Å²) in [6, 6.07) is 15.0. The number of nitrogens with zero attached hydrogens (tertiary/aromatic N) is 3. The van der Waals surface area contributed by atoms with Gasteiger partial charge in [-0.2, -0.15) is 0 Å². The molecule has 2 aromatic carbocycles. The first kappa shape index (κ1) is 25.5. The van der Waals surface area contributed by atoms with E-state index in [-0.39, 0.29) is 29.0 Å². The number of hydrogen-bond acceptors (Lipinski definition) is 6. The predicted molar refractivity (Wildman–Crippen MR) is 136 cm³/mol. The van der Waals surface area contributed by atoms with Gasteiger partial charge in [0.05, 0.1) is 5.75 Å². The summed E-state index contributed by atoms with van der Waals surface area (Å²) in [7, 11) is 0. The molecule has 1 amide bonds. The molecule has 3 aromatic rings. The van der Waals surface area contributed by atoms with Crippen LogP contribution in [0.1, 0.15) is 69.4 Å². The van der Waals surface area contributed by atoms with Gasteiger partial charge in [-0.05, 0) is 68.1 Å². The number of ketones is 1. The maximum atomic E-state index is 12.4. The molecule has 8 heteroatoms. The van der Waals surface area contributed by atoms with Crippen LogP contribution in [0.15, 0.2) is 53.7 Å². The first-order chi connectivity index (χ1) is 16.1. The predicted octanol–water partition coefficient (Wildman–Crippen LogP) is 5.67. The first-order valence-corrected chi connectivity index (χ1v) is 12.3. The molecule has 0 aliphatic rings. The van der Waals surface area contributed by atoms with Crippen molar-refractivity contribution < 1.29 is 14.3 Å². The Morgan fingerprint density at radius 2 is 1.71 bits per heavy atom. The molecule has 1 N–H and O–H groups in total. The van der Waals surface area contributed by atoms with Crippen LogP contribution in [-0.2, 0) is 16.8 Å². The molecule has 180 valence electrons. The van der Waals surface area contributed by atoms with E-state index in [1.165, 1.54) is 24.2 Å². The second-order valence-corrected chi connectivity index (χ2v) is 10.0. The van der Waals surface area contributed by atoms with Gasteiger partial charge in [0, 0.05) is 17.8 Å². The second kappa shape index (κ2) is 10.9. The van der Waals surface area contributed by atoms with E-state index < -0.39 is 0 Å². The minimum Gasteiger partial charge on any atom is -0.483 e. The minimum atomic E-state index is -0.295. The number of amides is 1. The van der Waals surface area contributed by atoms with Gasteiger partial charge in [0.15, 0.2) is 22.9 Å². The number of aromatic nitrogens is 3. The van der Waals surface area contributed by atoms with E-state index in [0.29, 0.717) is 28.8 Å². The molecule has 1 unspecified atom stereocenters. The second-order valence-electron chi connectivity index (χ2n) is 9.09. The summed E-state index contributed by atoms with van der Waals surface area (Å²) >= 11 is 1.32. The van der Waals surface area contributed by atoms with Crippen molar-refractivity contribution in [1.29, 1.82) is 0 Å². The Morgan fingerprint density at radius 1 is 1.06 bits per heavy atom. The van der Waals surface area contributed by atoms with E-state index in [2.05, 4.69) is 48.4 Å². The third kappa shape index (κ3) is 6.47. The summed E-state index contributed by atoms with van der Waals surface area (Å²) in [5, 5.41) is 12.1. The van der Waals surface area contributed by atoms with Crippen LogP contribution in [0, 0.1) is 0 Å². The molecule has 0 spiro atoms. The Kier molecular flexibility index (Phi) is 8.15. The summed E-state index contributed by atoms with van der Waals surface area (Å²) in [5.41, 5.74) is 2.59. The number of anilines is 1. The lowest BCUT2D eigenvalue weighted by Crippen LogP contribution is -2.15. The van der Waals surface area contributed by atoms with Gasteiger partial charge in [-0.15, -0.1) is 10.2 Å². The molecule has 1 aromatic heterocycles. The van der Waals surface area contributed by atoms with Gasteiger partial charge in [-0.25, -0.2) is 0 Å². The van der Waals surface area contributed by atoms with Crippen molar-refractivity contribution in [3.05, 3.63) is 65.5 Å². The lowest BCUT2D eigenvalue weighted by molar-refractivity contribution is -0.113. The number of carbonyl (C=O) groups excluding carboxylic acids is 2. The van der Waals surface area contributed by atoms with Crippen molar-refractivity contribution in [2.24, 2.45) is 0 Å². The molecular formula is C26H32N4O3S. The molecule has 3 rings (SSSR count). The lowest BCUT2D eigenvalue weighted by atomic mass is 9.87. The summed E-state index contributed by atoms with van der Waals surface area (Å²) in [5.74, 6) is 1.51. The smallest absolute Gasteiger partial charge is 0.234 e. The van der Waals surface area contributed by atoms with Crippen molar-refractivity contribution in [2.45, 2.75) is 64.8 Å². The van der Waals surface area contributed by atoms with Crippen LogP contribution in [0.3, 0.4) is 0 Å². The standard InChI is InChI=1S/C26H32N4O3S/c1-7-30-24(18(3)33-22-14-10-20(11-15-22)26(4,5)6)28-29-25(30)34-16-23(32)27-21-12-8-19(9-13-21)17(2)31/h8-15,18H,7,16H2,1-6H3,(H,27,32). The van der Waals surface area contributed by atoms with Crippen molar-refractivity contribution in [1.82, 2.24) is 14.8 Å². The number of Topliss-reactive ketones (excluding diaryl/α,β-unsaturated/α-hetero) is 1. The van der Waals surface area contributed by atoms with E-state index in [4.69, 9.17) is 4.74 Å². The molecule has 0 fully saturated rings. The molecule has 0 aliphatic carbocycles. The highest BCUT2D eigenvalue weighted by atomic mass is 32.2. The molecule has 1 atom stereocenters. The maximum Gasteiger partial charge on any atom is 0.234 e. The molecule has 0 saturated heterocycles. The molecule has 0 saturated carbocycles. The summed E-state index contributed by atoms with van der Waals surface area (Å²) in [6.45, 7) is 12.7. The van der Waals surface area contributed by atoms with Crippen LogP contribution >= 0.6 is 11.8 Å². The molecule has 1 heterocycles. The highest BCUT2D eigenvalue weighted by Gasteiger charge is 2.20. The number of benzene rings is 2. The number of thioether (sulfide) groups is 1. The van der Waals surface area contributed by atoms with E-state index in [9.17, 15) is 9.59 Å². The van der Waals surface area contributed by atoms with Gasteiger partial charge in [-0.1, -0.05) is 44.7 Å². The van der Waals surface area contributed by atoms with Crippen molar-refractivity contribution in [3.8, 4) is 5.75 Å². The fourth-order valence-electron chi connectivity index (χ4n) is 3.41. The maximum absolute atomic E-state index is 12.4. The largest absolute Gasteiger partial charge is 0.483 e. The topological polar surface area (TPSA) is 86.1 Å². The Hall–Kier alpha value is -3.13. The van der Waals surface area contributed by atoms with Crippen LogP contribution in [0.4, 0.5) is 5.69 Å². The van der Waals surface area contributed by atoms with Crippen molar-refractivity contribution in [3.63, 3.8) is 0 Å². The van der Waals surface area contributed by atoms with E-state index in [1.54, 1.807) is 24.3 Å². The number of carbonyl (C=O) groups is 2. The Balaban J connectivity index is 1.60. The Bertz CT molecular complexity index is 1130. The number of hydrogen-bond donors (Lipinski definition) is 1. The zero-order chi connectivity index (χ0) is 24.9. The quantitative estimate of drug-likeness (QED) is 0.314. The molecule has 0 aliphatic heterocycles. The summed E-state index contributed by atoms with van der Waals surface area (Å²) < 4.78 is 8.09. The Morgan fingerprint density at radius 3 is 2.26 bits per heavy atom. The molecular weight excluding hydrogens is 448 g/mol. The molecule has 34 heavy (non-hydrogen) atoms. The lowest BCUT2D eigenvalue weighted by Gasteiger charge is -2.20. The number of rotatable bonds is 9. The zero-order valence-corrected chi connectivity index (χ0v) is 21.4. The first-order valence-electron chi connectivity index (χ1n) is 11.3. The van der Waals surface area contributed by atoms with Crippen molar-refractivity contribution >= 4 is 29.1 Å². The van der Waals surface area contributed by atoms with Gasteiger partial charge in [0.2, 0.25) is 5.91 Å². The van der Waals surface area contributed by atoms with Gasteiger partial charge >= 0.3 is 0 Å². The molecule has 0 radical (unpaired) electrons. The van der Waals surface area contributed by atoms with Crippen LogP contribution in [0.5, 0.6) is 5.75 Å². The van der Waals surface area contributed by atoms with Crippen LogP contribution in [0.25, 0.3) is 0 Å². The summed E-state index contributed by atoms with van der Waals surface area (Å²) in [4.78, 5) is 23.8. The fraction of sp³-hybridized carbons (Fsp3) is 0.385. The number of ether oxygens (including phenoxy) is 1. The number of nitrogens with one attached hydrogen (secondary N) is 1. The SMILES string of the molecule is CCn1c(SCC(=O)Nc2ccc(C(C)=O)cc2)nnc1C(C)Oc1ccc(C(C)(C)C)cc1. The summed E-state index contributed by atoms with van der Waals surface area (Å²) in [6.07, 6.45) is -0.295. The third-order valence-corrected chi connectivity index (χ3v) is 6.33. The van der Waals surface area contributed by atoms with Crippen LogP contribution < -0.4 is 10.1 Å². The minimum absolute atomic E-state index is 0.0109. The highest BCUT2D eigenvalue weighted by molar-refractivity contribution is 7.99. The van der Waals surface area contributed by atoms with Crippen LogP contribution in [0.2, 0.25) is 0 Å².